The average Bonchev–Trinajstić information content (AvgIpc) is 2.74. The predicted octanol–water partition coefficient (Wildman–Crippen LogP) is 4.18. The van der Waals surface area contributed by atoms with E-state index < -0.39 is 21.6 Å². The number of hydrogen-bond acceptors (Lipinski definition) is 4. The Morgan fingerprint density at radius 1 is 1.00 bits per heavy atom. The van der Waals surface area contributed by atoms with E-state index in [9.17, 15) is 18.0 Å². The SMILES string of the molecule is Cc1ccc(N(CCCC(=O)N(Cc2ccccc2C)[C@@H](C)C(=O)NC(C)(C)C)S(C)(=O)=O)cc1. The molecule has 192 valence electrons. The van der Waals surface area contributed by atoms with Gasteiger partial charge in [-0.25, -0.2) is 8.42 Å². The van der Waals surface area contributed by atoms with Crippen LogP contribution >= 0.6 is 0 Å². The van der Waals surface area contributed by atoms with Gasteiger partial charge < -0.3 is 10.2 Å². The molecular formula is C27H39N3O4S. The summed E-state index contributed by atoms with van der Waals surface area (Å²) >= 11 is 0. The van der Waals surface area contributed by atoms with Crippen LogP contribution in [0.1, 0.15) is 57.2 Å². The zero-order chi connectivity index (χ0) is 26.4. The van der Waals surface area contributed by atoms with E-state index in [1.165, 1.54) is 4.31 Å². The molecule has 0 bridgehead atoms. The first-order chi connectivity index (χ1) is 16.2. The van der Waals surface area contributed by atoms with Crippen LogP contribution in [0, 0.1) is 13.8 Å². The number of aryl methyl sites for hydroxylation is 2. The van der Waals surface area contributed by atoms with Crippen molar-refractivity contribution in [3.63, 3.8) is 0 Å². The molecule has 0 spiro atoms. The summed E-state index contributed by atoms with van der Waals surface area (Å²) in [6.45, 7) is 11.8. The van der Waals surface area contributed by atoms with Gasteiger partial charge in [0.15, 0.2) is 0 Å². The van der Waals surface area contributed by atoms with Gasteiger partial charge in [0.25, 0.3) is 0 Å². The lowest BCUT2D eigenvalue weighted by molar-refractivity contribution is -0.141. The van der Waals surface area contributed by atoms with E-state index in [0.29, 0.717) is 18.7 Å². The molecule has 0 unspecified atom stereocenters. The monoisotopic (exact) mass is 501 g/mol. The number of carbonyl (C=O) groups is 2. The first-order valence-electron chi connectivity index (χ1n) is 11.9. The van der Waals surface area contributed by atoms with Gasteiger partial charge in [-0.15, -0.1) is 0 Å². The summed E-state index contributed by atoms with van der Waals surface area (Å²) in [6.07, 6.45) is 1.62. The Balaban J connectivity index is 2.19. The topological polar surface area (TPSA) is 86.8 Å². The van der Waals surface area contributed by atoms with Crippen molar-refractivity contribution in [3.8, 4) is 0 Å². The van der Waals surface area contributed by atoms with Crippen molar-refractivity contribution in [2.45, 2.75) is 72.5 Å². The second-order valence-corrected chi connectivity index (χ2v) is 12.0. The van der Waals surface area contributed by atoms with Gasteiger partial charge >= 0.3 is 0 Å². The van der Waals surface area contributed by atoms with E-state index in [4.69, 9.17) is 0 Å². The Hall–Kier alpha value is -2.87. The zero-order valence-corrected chi connectivity index (χ0v) is 22.8. The average molecular weight is 502 g/mol. The van der Waals surface area contributed by atoms with Crippen molar-refractivity contribution in [3.05, 3.63) is 65.2 Å². The van der Waals surface area contributed by atoms with E-state index in [1.54, 1.807) is 24.0 Å². The Morgan fingerprint density at radius 3 is 2.14 bits per heavy atom. The maximum absolute atomic E-state index is 13.4. The van der Waals surface area contributed by atoms with Crippen LogP contribution in [0.2, 0.25) is 0 Å². The number of hydrogen-bond donors (Lipinski definition) is 1. The Labute approximate surface area is 210 Å². The summed E-state index contributed by atoms with van der Waals surface area (Å²) in [5.41, 5.74) is 3.18. The molecule has 1 N–H and O–H groups in total. The van der Waals surface area contributed by atoms with E-state index in [0.717, 1.165) is 22.9 Å². The second-order valence-electron chi connectivity index (χ2n) is 10.1. The molecule has 2 amide bonds. The van der Waals surface area contributed by atoms with E-state index >= 15 is 0 Å². The van der Waals surface area contributed by atoms with Crippen molar-refractivity contribution in [1.82, 2.24) is 10.2 Å². The quantitative estimate of drug-likeness (QED) is 0.529. The van der Waals surface area contributed by atoms with Gasteiger partial charge in [0.2, 0.25) is 21.8 Å². The van der Waals surface area contributed by atoms with E-state index in [1.807, 2.05) is 71.0 Å². The van der Waals surface area contributed by atoms with Crippen LogP contribution < -0.4 is 9.62 Å². The number of nitrogens with zero attached hydrogens (tertiary/aromatic N) is 2. The zero-order valence-electron chi connectivity index (χ0n) is 22.0. The van der Waals surface area contributed by atoms with Crippen molar-refractivity contribution < 1.29 is 18.0 Å². The molecule has 0 saturated heterocycles. The maximum atomic E-state index is 13.4. The Morgan fingerprint density at radius 2 is 1.60 bits per heavy atom. The fourth-order valence-corrected chi connectivity index (χ4v) is 4.71. The minimum absolute atomic E-state index is 0.122. The number of carbonyl (C=O) groups excluding carboxylic acids is 2. The lowest BCUT2D eigenvalue weighted by Crippen LogP contribution is -2.52. The Kier molecular flexibility index (Phi) is 9.49. The highest BCUT2D eigenvalue weighted by Gasteiger charge is 2.29. The number of nitrogens with one attached hydrogen (secondary N) is 1. The van der Waals surface area contributed by atoms with Crippen LogP contribution in [0.3, 0.4) is 0 Å². The molecule has 0 aromatic heterocycles. The highest BCUT2D eigenvalue weighted by Crippen LogP contribution is 2.20. The van der Waals surface area contributed by atoms with Crippen molar-refractivity contribution in [2.75, 3.05) is 17.1 Å². The van der Waals surface area contributed by atoms with Gasteiger partial charge in [-0.3, -0.25) is 13.9 Å². The van der Waals surface area contributed by atoms with Gasteiger partial charge in [0.1, 0.15) is 6.04 Å². The first-order valence-corrected chi connectivity index (χ1v) is 13.7. The van der Waals surface area contributed by atoms with Crippen molar-refractivity contribution >= 4 is 27.5 Å². The molecule has 2 aromatic carbocycles. The highest BCUT2D eigenvalue weighted by atomic mass is 32.2. The van der Waals surface area contributed by atoms with Gasteiger partial charge in [0.05, 0.1) is 11.9 Å². The summed E-state index contributed by atoms with van der Waals surface area (Å²) in [5, 5.41) is 2.95. The molecule has 0 aliphatic heterocycles. The predicted molar refractivity (Wildman–Crippen MR) is 142 cm³/mol. The number of sulfonamides is 1. The third kappa shape index (κ3) is 8.69. The van der Waals surface area contributed by atoms with Gasteiger partial charge in [-0.2, -0.15) is 0 Å². The second kappa shape index (κ2) is 11.7. The standard InChI is InChI=1S/C27H39N3O4S/c1-20-14-16-24(17-15-20)30(35(7,33)34)18-10-13-25(31)29(19-23-12-9-8-11-21(23)2)22(3)26(32)28-27(4,5)6/h8-9,11-12,14-17,22H,10,13,18-19H2,1-7H3,(H,28,32)/t22-/m0/s1. The third-order valence-electron chi connectivity index (χ3n) is 5.74. The molecule has 7 nitrogen and oxygen atoms in total. The fraction of sp³-hybridized carbons (Fsp3) is 0.481. The van der Waals surface area contributed by atoms with Gasteiger partial charge in [0, 0.05) is 25.0 Å². The lowest BCUT2D eigenvalue weighted by atomic mass is 10.1. The number of amides is 2. The number of anilines is 1. The van der Waals surface area contributed by atoms with Crippen LogP contribution in [-0.4, -0.2) is 49.5 Å². The third-order valence-corrected chi connectivity index (χ3v) is 6.94. The first kappa shape index (κ1) is 28.4. The minimum atomic E-state index is -3.51. The number of benzene rings is 2. The molecule has 0 fully saturated rings. The van der Waals surface area contributed by atoms with E-state index in [-0.39, 0.29) is 24.8 Å². The minimum Gasteiger partial charge on any atom is -0.350 e. The van der Waals surface area contributed by atoms with E-state index in [2.05, 4.69) is 5.32 Å². The fourth-order valence-electron chi connectivity index (χ4n) is 3.74. The van der Waals surface area contributed by atoms with Gasteiger partial charge in [-0.05, 0) is 71.2 Å². The van der Waals surface area contributed by atoms with Gasteiger partial charge in [-0.1, -0.05) is 42.0 Å². The molecule has 2 rings (SSSR count). The Bertz CT molecular complexity index is 1120. The molecule has 8 heteroatoms. The van der Waals surface area contributed by atoms with Crippen LogP contribution in [-0.2, 0) is 26.2 Å². The summed E-state index contributed by atoms with van der Waals surface area (Å²) in [6, 6.07) is 14.3. The normalized spacial score (nSPS) is 12.7. The molecule has 35 heavy (non-hydrogen) atoms. The van der Waals surface area contributed by atoms with Crippen LogP contribution in [0.4, 0.5) is 5.69 Å². The maximum Gasteiger partial charge on any atom is 0.242 e. The molecule has 0 saturated carbocycles. The summed E-state index contributed by atoms with van der Waals surface area (Å²) in [7, 11) is -3.51. The van der Waals surface area contributed by atoms with Crippen molar-refractivity contribution in [1.29, 1.82) is 0 Å². The molecule has 1 atom stereocenters. The van der Waals surface area contributed by atoms with Crippen LogP contribution in [0.15, 0.2) is 48.5 Å². The largest absolute Gasteiger partial charge is 0.350 e. The summed E-state index contributed by atoms with van der Waals surface area (Å²) in [4.78, 5) is 27.9. The smallest absolute Gasteiger partial charge is 0.242 e. The molecule has 0 aliphatic carbocycles. The summed E-state index contributed by atoms with van der Waals surface area (Å²) < 4.78 is 26.1. The van der Waals surface area contributed by atoms with Crippen LogP contribution in [0.25, 0.3) is 0 Å². The summed E-state index contributed by atoms with van der Waals surface area (Å²) in [5.74, 6) is -0.418. The van der Waals surface area contributed by atoms with Crippen molar-refractivity contribution in [2.24, 2.45) is 0 Å². The molecule has 0 heterocycles. The molecular weight excluding hydrogens is 462 g/mol. The molecule has 2 aromatic rings. The number of rotatable bonds is 10. The molecule has 0 radical (unpaired) electrons. The molecule has 0 aliphatic rings. The van der Waals surface area contributed by atoms with Crippen LogP contribution in [0.5, 0.6) is 0 Å². The lowest BCUT2D eigenvalue weighted by Gasteiger charge is -2.32. The highest BCUT2D eigenvalue weighted by molar-refractivity contribution is 7.92.